The molecule has 1 amide bonds. The van der Waals surface area contributed by atoms with Crippen LogP contribution in [0.3, 0.4) is 0 Å². The van der Waals surface area contributed by atoms with Crippen molar-refractivity contribution < 1.29 is 4.79 Å². The normalized spacial score (nSPS) is 9.77. The van der Waals surface area contributed by atoms with Crippen LogP contribution in [0.1, 0.15) is 0 Å². The fourth-order valence-electron chi connectivity index (χ4n) is 0.783. The van der Waals surface area contributed by atoms with Crippen molar-refractivity contribution in [2.45, 2.75) is 0 Å². The Morgan fingerprint density at radius 3 is 3.00 bits per heavy atom. The highest BCUT2D eigenvalue weighted by Crippen LogP contribution is 2.21. The predicted octanol–water partition coefficient (Wildman–Crippen LogP) is 1.09. The van der Waals surface area contributed by atoms with Crippen molar-refractivity contribution in [2.75, 3.05) is 25.5 Å². The third-order valence-corrected chi connectivity index (χ3v) is 3.11. The first-order chi connectivity index (χ1) is 6.13. The molecular formula is C7H10BrN3OS. The van der Waals surface area contributed by atoms with Crippen LogP contribution in [-0.4, -0.2) is 31.5 Å². The number of halogens is 1. The second-order valence-electron chi connectivity index (χ2n) is 2.48. The molecule has 0 bridgehead atoms. The molecule has 1 rings (SSSR count). The van der Waals surface area contributed by atoms with Crippen LogP contribution < -0.4 is 10.2 Å². The molecule has 0 aliphatic heterocycles. The van der Waals surface area contributed by atoms with E-state index in [1.165, 1.54) is 11.3 Å². The summed E-state index contributed by atoms with van der Waals surface area (Å²) in [5.74, 6) is -0.0196. The minimum absolute atomic E-state index is 0.0196. The number of aromatic nitrogens is 1. The SMILES string of the molecule is CNC(=O)CN(C)c1nc(Br)cs1. The van der Waals surface area contributed by atoms with E-state index >= 15 is 0 Å². The highest BCUT2D eigenvalue weighted by molar-refractivity contribution is 9.10. The van der Waals surface area contributed by atoms with Gasteiger partial charge in [0.15, 0.2) is 5.13 Å². The fraction of sp³-hybridized carbons (Fsp3) is 0.429. The molecule has 0 saturated carbocycles. The highest BCUT2D eigenvalue weighted by Gasteiger charge is 2.08. The van der Waals surface area contributed by atoms with Gasteiger partial charge in [0, 0.05) is 19.5 Å². The van der Waals surface area contributed by atoms with Gasteiger partial charge in [0.05, 0.1) is 6.54 Å². The van der Waals surface area contributed by atoms with E-state index in [1.807, 2.05) is 12.4 Å². The van der Waals surface area contributed by atoms with E-state index in [0.29, 0.717) is 6.54 Å². The number of hydrogen-bond acceptors (Lipinski definition) is 4. The molecule has 13 heavy (non-hydrogen) atoms. The van der Waals surface area contributed by atoms with Crippen LogP contribution in [0.15, 0.2) is 9.98 Å². The zero-order chi connectivity index (χ0) is 9.84. The standard InChI is InChI=1S/C7H10BrN3OS/c1-9-6(12)3-11(2)7-10-5(8)4-13-7/h4H,3H2,1-2H3,(H,9,12). The van der Waals surface area contributed by atoms with Gasteiger partial charge in [0.2, 0.25) is 5.91 Å². The first-order valence-electron chi connectivity index (χ1n) is 3.66. The summed E-state index contributed by atoms with van der Waals surface area (Å²) in [6, 6.07) is 0. The van der Waals surface area contributed by atoms with E-state index in [2.05, 4.69) is 26.2 Å². The van der Waals surface area contributed by atoms with Gasteiger partial charge < -0.3 is 10.2 Å². The van der Waals surface area contributed by atoms with Crippen molar-refractivity contribution in [2.24, 2.45) is 0 Å². The molecule has 0 fully saturated rings. The Morgan fingerprint density at radius 2 is 2.54 bits per heavy atom. The smallest absolute Gasteiger partial charge is 0.239 e. The lowest BCUT2D eigenvalue weighted by atomic mass is 10.5. The van der Waals surface area contributed by atoms with E-state index in [1.54, 1.807) is 11.9 Å². The van der Waals surface area contributed by atoms with E-state index < -0.39 is 0 Å². The van der Waals surface area contributed by atoms with Gasteiger partial charge in [-0.25, -0.2) is 4.98 Å². The van der Waals surface area contributed by atoms with Gasteiger partial charge >= 0.3 is 0 Å². The maximum absolute atomic E-state index is 11.0. The molecule has 4 nitrogen and oxygen atoms in total. The number of thiazole rings is 1. The molecule has 0 spiro atoms. The number of carbonyl (C=O) groups is 1. The number of rotatable bonds is 3. The summed E-state index contributed by atoms with van der Waals surface area (Å²) in [5.41, 5.74) is 0. The Morgan fingerprint density at radius 1 is 1.85 bits per heavy atom. The third-order valence-electron chi connectivity index (χ3n) is 1.45. The average Bonchev–Trinajstić information content (AvgIpc) is 2.51. The van der Waals surface area contributed by atoms with E-state index in [4.69, 9.17) is 0 Å². The third kappa shape index (κ3) is 2.96. The van der Waals surface area contributed by atoms with Crippen LogP contribution in [-0.2, 0) is 4.79 Å². The summed E-state index contributed by atoms with van der Waals surface area (Å²) in [6.45, 7) is 0.330. The summed E-state index contributed by atoms with van der Waals surface area (Å²) in [6.07, 6.45) is 0. The largest absolute Gasteiger partial charge is 0.358 e. The Balaban J connectivity index is 2.58. The van der Waals surface area contributed by atoms with E-state index in [-0.39, 0.29) is 5.91 Å². The number of likely N-dealkylation sites (N-methyl/N-ethyl adjacent to an activating group) is 2. The number of amides is 1. The zero-order valence-electron chi connectivity index (χ0n) is 7.37. The van der Waals surface area contributed by atoms with Gasteiger partial charge in [-0.15, -0.1) is 11.3 Å². The lowest BCUT2D eigenvalue weighted by Crippen LogP contribution is -2.32. The summed E-state index contributed by atoms with van der Waals surface area (Å²) >= 11 is 4.75. The Bertz CT molecular complexity index is 302. The van der Waals surface area contributed by atoms with Gasteiger partial charge in [0.1, 0.15) is 4.60 Å². The molecule has 72 valence electrons. The quantitative estimate of drug-likeness (QED) is 0.888. The molecule has 0 atom stereocenters. The lowest BCUT2D eigenvalue weighted by Gasteiger charge is -2.13. The molecule has 0 unspecified atom stereocenters. The van der Waals surface area contributed by atoms with Crippen LogP contribution in [0.25, 0.3) is 0 Å². The second-order valence-corrected chi connectivity index (χ2v) is 4.13. The minimum atomic E-state index is -0.0196. The first-order valence-corrected chi connectivity index (χ1v) is 5.33. The van der Waals surface area contributed by atoms with Crippen LogP contribution in [0.4, 0.5) is 5.13 Å². The molecule has 0 aromatic carbocycles. The number of anilines is 1. The van der Waals surface area contributed by atoms with Gasteiger partial charge in [-0.1, -0.05) is 0 Å². The first kappa shape index (κ1) is 10.5. The maximum atomic E-state index is 11.0. The molecule has 1 N–H and O–H groups in total. The lowest BCUT2D eigenvalue weighted by molar-refractivity contribution is -0.119. The van der Waals surface area contributed by atoms with Gasteiger partial charge in [-0.05, 0) is 15.9 Å². The molecule has 6 heteroatoms. The molecule has 0 aliphatic rings. The Kier molecular flexibility index (Phi) is 3.68. The van der Waals surface area contributed by atoms with Crippen molar-refractivity contribution in [3.8, 4) is 0 Å². The number of hydrogen-bond donors (Lipinski definition) is 1. The van der Waals surface area contributed by atoms with E-state index in [0.717, 1.165) is 9.73 Å². The Hall–Kier alpha value is -0.620. The van der Waals surface area contributed by atoms with Crippen molar-refractivity contribution in [3.63, 3.8) is 0 Å². The van der Waals surface area contributed by atoms with Crippen LogP contribution in [0, 0.1) is 0 Å². The second kappa shape index (κ2) is 4.57. The monoisotopic (exact) mass is 263 g/mol. The van der Waals surface area contributed by atoms with Crippen molar-refractivity contribution >= 4 is 38.3 Å². The minimum Gasteiger partial charge on any atom is -0.358 e. The van der Waals surface area contributed by atoms with Crippen molar-refractivity contribution in [3.05, 3.63) is 9.98 Å². The number of nitrogens with zero attached hydrogens (tertiary/aromatic N) is 2. The predicted molar refractivity (Wildman–Crippen MR) is 57.2 cm³/mol. The summed E-state index contributed by atoms with van der Waals surface area (Å²) in [5, 5.41) is 5.27. The topological polar surface area (TPSA) is 45.2 Å². The number of carbonyl (C=O) groups excluding carboxylic acids is 1. The van der Waals surface area contributed by atoms with Crippen LogP contribution >= 0.6 is 27.3 Å². The van der Waals surface area contributed by atoms with Gasteiger partial charge in [-0.2, -0.15) is 0 Å². The van der Waals surface area contributed by atoms with E-state index in [9.17, 15) is 4.79 Å². The summed E-state index contributed by atoms with van der Waals surface area (Å²) in [7, 11) is 3.45. The molecule has 1 heterocycles. The van der Waals surface area contributed by atoms with Crippen LogP contribution in [0.2, 0.25) is 0 Å². The van der Waals surface area contributed by atoms with Gasteiger partial charge in [0.25, 0.3) is 0 Å². The number of nitrogens with one attached hydrogen (secondary N) is 1. The maximum Gasteiger partial charge on any atom is 0.239 e. The molecule has 0 radical (unpaired) electrons. The van der Waals surface area contributed by atoms with Crippen LogP contribution in [0.5, 0.6) is 0 Å². The molecule has 0 saturated heterocycles. The summed E-state index contributed by atoms with van der Waals surface area (Å²) < 4.78 is 0.802. The molecule has 1 aromatic heterocycles. The zero-order valence-corrected chi connectivity index (χ0v) is 9.78. The molecular weight excluding hydrogens is 254 g/mol. The molecule has 0 aliphatic carbocycles. The fourth-order valence-corrected chi connectivity index (χ4v) is 2.00. The average molecular weight is 264 g/mol. The van der Waals surface area contributed by atoms with Gasteiger partial charge in [-0.3, -0.25) is 4.79 Å². The molecule has 1 aromatic rings. The van der Waals surface area contributed by atoms with Crippen molar-refractivity contribution in [1.82, 2.24) is 10.3 Å². The highest BCUT2D eigenvalue weighted by atomic mass is 79.9. The summed E-state index contributed by atoms with van der Waals surface area (Å²) in [4.78, 5) is 17.0. The van der Waals surface area contributed by atoms with Crippen molar-refractivity contribution in [1.29, 1.82) is 0 Å². The Labute approximate surface area is 89.1 Å².